The molecule has 0 fully saturated rings. The molecule has 0 saturated carbocycles. The average Bonchev–Trinajstić information content (AvgIpc) is 2.67. The van der Waals surface area contributed by atoms with Crippen LogP contribution in [0.25, 0.3) is 0 Å². The zero-order chi connectivity index (χ0) is 10.4. The topological polar surface area (TPSA) is 83.8 Å². The molecule has 0 bridgehead atoms. The Bertz CT molecular complexity index is 270. The van der Waals surface area contributed by atoms with Gasteiger partial charge in [-0.2, -0.15) is 5.10 Å². The summed E-state index contributed by atoms with van der Waals surface area (Å²) in [4.78, 5) is 11.4. The van der Waals surface area contributed by atoms with E-state index in [-0.39, 0.29) is 5.91 Å². The number of H-pyrrole nitrogens is 1. The lowest BCUT2D eigenvalue weighted by Crippen LogP contribution is -2.39. The van der Waals surface area contributed by atoms with Crippen LogP contribution in [0.1, 0.15) is 25.3 Å². The SMILES string of the molecule is CCCC(N)C(=O)NCc1cn[nH]c1. The summed E-state index contributed by atoms with van der Waals surface area (Å²) in [6.07, 6.45) is 5.05. The molecule has 0 saturated heterocycles. The molecule has 0 radical (unpaired) electrons. The maximum Gasteiger partial charge on any atom is 0.237 e. The Labute approximate surface area is 83.1 Å². The Morgan fingerprint density at radius 2 is 2.57 bits per heavy atom. The first-order valence-electron chi connectivity index (χ1n) is 4.75. The van der Waals surface area contributed by atoms with Crippen LogP contribution in [-0.4, -0.2) is 22.1 Å². The molecule has 1 aromatic rings. The second kappa shape index (κ2) is 5.39. The van der Waals surface area contributed by atoms with E-state index in [1.165, 1.54) is 0 Å². The van der Waals surface area contributed by atoms with Crippen molar-refractivity contribution in [2.24, 2.45) is 5.73 Å². The van der Waals surface area contributed by atoms with E-state index < -0.39 is 6.04 Å². The van der Waals surface area contributed by atoms with E-state index in [9.17, 15) is 4.79 Å². The number of amides is 1. The fraction of sp³-hybridized carbons (Fsp3) is 0.556. The van der Waals surface area contributed by atoms with Gasteiger partial charge in [-0.05, 0) is 6.42 Å². The Morgan fingerprint density at radius 3 is 3.14 bits per heavy atom. The third-order valence-corrected chi connectivity index (χ3v) is 1.96. The highest BCUT2D eigenvalue weighted by atomic mass is 16.2. The van der Waals surface area contributed by atoms with Gasteiger partial charge in [-0.3, -0.25) is 9.89 Å². The average molecular weight is 196 g/mol. The van der Waals surface area contributed by atoms with Gasteiger partial charge in [0.25, 0.3) is 0 Å². The number of aromatic nitrogens is 2. The summed E-state index contributed by atoms with van der Waals surface area (Å²) < 4.78 is 0. The Hall–Kier alpha value is -1.36. The van der Waals surface area contributed by atoms with E-state index in [1.54, 1.807) is 12.4 Å². The van der Waals surface area contributed by atoms with E-state index in [0.29, 0.717) is 6.54 Å². The zero-order valence-corrected chi connectivity index (χ0v) is 8.29. The third kappa shape index (κ3) is 3.18. The number of rotatable bonds is 5. The van der Waals surface area contributed by atoms with Crippen molar-refractivity contribution in [2.45, 2.75) is 32.4 Å². The molecule has 0 aromatic carbocycles. The summed E-state index contributed by atoms with van der Waals surface area (Å²) in [5.74, 6) is -0.104. The van der Waals surface area contributed by atoms with Crippen LogP contribution in [0.3, 0.4) is 0 Å². The van der Waals surface area contributed by atoms with E-state index in [2.05, 4.69) is 15.5 Å². The van der Waals surface area contributed by atoms with E-state index in [0.717, 1.165) is 18.4 Å². The second-order valence-electron chi connectivity index (χ2n) is 3.22. The lowest BCUT2D eigenvalue weighted by atomic mass is 10.1. The van der Waals surface area contributed by atoms with Crippen molar-refractivity contribution >= 4 is 5.91 Å². The number of carbonyl (C=O) groups excluding carboxylic acids is 1. The number of hydrogen-bond donors (Lipinski definition) is 3. The monoisotopic (exact) mass is 196 g/mol. The summed E-state index contributed by atoms with van der Waals surface area (Å²) >= 11 is 0. The molecule has 5 nitrogen and oxygen atoms in total. The van der Waals surface area contributed by atoms with Crippen molar-refractivity contribution in [1.82, 2.24) is 15.5 Å². The van der Waals surface area contributed by atoms with Crippen LogP contribution in [0.5, 0.6) is 0 Å². The summed E-state index contributed by atoms with van der Waals surface area (Å²) in [6.45, 7) is 2.48. The molecule has 1 unspecified atom stereocenters. The minimum Gasteiger partial charge on any atom is -0.351 e. The van der Waals surface area contributed by atoms with E-state index >= 15 is 0 Å². The number of nitrogens with one attached hydrogen (secondary N) is 2. The fourth-order valence-corrected chi connectivity index (χ4v) is 1.14. The van der Waals surface area contributed by atoms with Crippen LogP contribution in [-0.2, 0) is 11.3 Å². The second-order valence-corrected chi connectivity index (χ2v) is 3.22. The van der Waals surface area contributed by atoms with E-state index in [4.69, 9.17) is 5.73 Å². The standard InChI is InChI=1S/C9H16N4O/c1-2-3-8(10)9(14)11-4-7-5-12-13-6-7/h5-6,8H,2-4,10H2,1H3,(H,11,14)(H,12,13). The molecule has 5 heteroatoms. The van der Waals surface area contributed by atoms with Crippen LogP contribution in [0.2, 0.25) is 0 Å². The van der Waals surface area contributed by atoms with Crippen molar-refractivity contribution < 1.29 is 4.79 Å². The van der Waals surface area contributed by atoms with Gasteiger partial charge in [-0.25, -0.2) is 0 Å². The molecule has 0 spiro atoms. The summed E-state index contributed by atoms with van der Waals surface area (Å²) in [5.41, 5.74) is 6.58. The Balaban J connectivity index is 2.27. The molecular formula is C9H16N4O. The van der Waals surface area contributed by atoms with Gasteiger partial charge in [0, 0.05) is 18.3 Å². The van der Waals surface area contributed by atoms with Gasteiger partial charge in [0.1, 0.15) is 0 Å². The molecule has 78 valence electrons. The Morgan fingerprint density at radius 1 is 1.79 bits per heavy atom. The molecule has 0 aliphatic heterocycles. The predicted octanol–water partition coefficient (Wildman–Crippen LogP) is 0.153. The van der Waals surface area contributed by atoms with Gasteiger partial charge < -0.3 is 11.1 Å². The first-order valence-corrected chi connectivity index (χ1v) is 4.75. The zero-order valence-electron chi connectivity index (χ0n) is 8.29. The van der Waals surface area contributed by atoms with Crippen molar-refractivity contribution in [3.05, 3.63) is 18.0 Å². The molecule has 1 amide bonds. The maximum absolute atomic E-state index is 11.4. The maximum atomic E-state index is 11.4. The molecule has 14 heavy (non-hydrogen) atoms. The van der Waals surface area contributed by atoms with Gasteiger partial charge in [-0.15, -0.1) is 0 Å². The number of nitrogens with two attached hydrogens (primary N) is 1. The highest BCUT2D eigenvalue weighted by Crippen LogP contribution is 1.95. The number of aromatic amines is 1. The smallest absolute Gasteiger partial charge is 0.237 e. The third-order valence-electron chi connectivity index (χ3n) is 1.96. The van der Waals surface area contributed by atoms with Crippen molar-refractivity contribution in [3.8, 4) is 0 Å². The molecule has 1 rings (SSSR count). The summed E-state index contributed by atoms with van der Waals surface area (Å²) in [7, 11) is 0. The van der Waals surface area contributed by atoms with Gasteiger partial charge in [-0.1, -0.05) is 13.3 Å². The van der Waals surface area contributed by atoms with Crippen LogP contribution in [0, 0.1) is 0 Å². The lowest BCUT2D eigenvalue weighted by Gasteiger charge is -2.09. The molecule has 0 aliphatic carbocycles. The van der Waals surface area contributed by atoms with Gasteiger partial charge >= 0.3 is 0 Å². The molecule has 0 aliphatic rings. The summed E-state index contributed by atoms with van der Waals surface area (Å²) in [5, 5.41) is 9.19. The van der Waals surface area contributed by atoms with Crippen molar-refractivity contribution in [2.75, 3.05) is 0 Å². The first kappa shape index (κ1) is 10.7. The minimum absolute atomic E-state index is 0.104. The predicted molar refractivity (Wildman–Crippen MR) is 53.3 cm³/mol. The van der Waals surface area contributed by atoms with Gasteiger partial charge in [0.2, 0.25) is 5.91 Å². The van der Waals surface area contributed by atoms with E-state index in [1.807, 2.05) is 6.92 Å². The molecule has 4 N–H and O–H groups in total. The minimum atomic E-state index is -0.396. The molecular weight excluding hydrogens is 180 g/mol. The highest BCUT2D eigenvalue weighted by molar-refractivity contribution is 5.81. The Kier molecular flexibility index (Phi) is 4.12. The largest absolute Gasteiger partial charge is 0.351 e. The van der Waals surface area contributed by atoms with Gasteiger partial charge in [0.15, 0.2) is 0 Å². The lowest BCUT2D eigenvalue weighted by molar-refractivity contribution is -0.122. The number of nitrogens with zero attached hydrogens (tertiary/aromatic N) is 1. The highest BCUT2D eigenvalue weighted by Gasteiger charge is 2.11. The van der Waals surface area contributed by atoms with Crippen LogP contribution in [0.4, 0.5) is 0 Å². The molecule has 1 aromatic heterocycles. The molecule has 1 atom stereocenters. The van der Waals surface area contributed by atoms with Crippen LogP contribution >= 0.6 is 0 Å². The fourth-order valence-electron chi connectivity index (χ4n) is 1.14. The quantitative estimate of drug-likeness (QED) is 0.627. The van der Waals surface area contributed by atoms with Gasteiger partial charge in [0.05, 0.1) is 12.2 Å². The number of hydrogen-bond acceptors (Lipinski definition) is 3. The summed E-state index contributed by atoms with van der Waals surface area (Å²) in [6, 6.07) is -0.396. The first-order chi connectivity index (χ1) is 6.74. The number of carbonyl (C=O) groups is 1. The van der Waals surface area contributed by atoms with Crippen molar-refractivity contribution in [3.63, 3.8) is 0 Å². The van der Waals surface area contributed by atoms with Crippen LogP contribution in [0.15, 0.2) is 12.4 Å². The molecule has 1 heterocycles. The normalized spacial score (nSPS) is 12.4. The van der Waals surface area contributed by atoms with Crippen LogP contribution < -0.4 is 11.1 Å². The van der Waals surface area contributed by atoms with Crippen molar-refractivity contribution in [1.29, 1.82) is 0 Å².